The van der Waals surface area contributed by atoms with Crippen molar-refractivity contribution in [2.75, 3.05) is 25.0 Å². The number of benzene rings is 1. The third-order valence-electron chi connectivity index (χ3n) is 5.49. The summed E-state index contributed by atoms with van der Waals surface area (Å²) < 4.78 is 13.2. The zero-order valence-electron chi connectivity index (χ0n) is 16.2. The molecule has 2 N–H and O–H groups in total. The molecule has 0 saturated carbocycles. The first-order valence-corrected chi connectivity index (χ1v) is 9.94. The summed E-state index contributed by atoms with van der Waals surface area (Å²) in [5, 5.41) is 10.7. The smallest absolute Gasteiger partial charge is 0.126 e. The number of H-pyrrole nitrogens is 1. The molecule has 6 heteroatoms. The number of piperidine rings is 1. The maximum absolute atomic E-state index is 13.2. The van der Waals surface area contributed by atoms with Crippen molar-refractivity contribution in [3.8, 4) is 22.4 Å². The van der Waals surface area contributed by atoms with Crippen molar-refractivity contribution in [3.05, 3.63) is 54.6 Å². The molecule has 0 spiro atoms. The van der Waals surface area contributed by atoms with E-state index in [4.69, 9.17) is 0 Å². The number of nitrogens with zero attached hydrogens (tertiary/aromatic N) is 3. The van der Waals surface area contributed by atoms with Crippen molar-refractivity contribution in [3.63, 3.8) is 0 Å². The second-order valence-corrected chi connectivity index (χ2v) is 7.40. The fourth-order valence-corrected chi connectivity index (χ4v) is 3.85. The van der Waals surface area contributed by atoms with E-state index in [-0.39, 0.29) is 5.82 Å². The molecule has 1 aliphatic heterocycles. The summed E-state index contributed by atoms with van der Waals surface area (Å²) in [7, 11) is 0. The molecule has 0 radical (unpaired) electrons. The van der Waals surface area contributed by atoms with E-state index < -0.39 is 0 Å². The van der Waals surface area contributed by atoms with Gasteiger partial charge in [0.05, 0.1) is 11.9 Å². The maximum atomic E-state index is 13.2. The van der Waals surface area contributed by atoms with Crippen LogP contribution in [-0.4, -0.2) is 45.8 Å². The number of aromatic amines is 1. The standard InChI is InChI=1S/C22H26FN5/c1-16-4-2-3-12-28(16)13-11-25-21-14-18(9-10-24-21)20-15-26-27-22(20)17-5-7-19(23)8-6-17/h5-10,14-16H,2-4,11-13H2,1H3,(H,24,25)(H,26,27). The van der Waals surface area contributed by atoms with Gasteiger partial charge >= 0.3 is 0 Å². The molecule has 0 amide bonds. The number of rotatable bonds is 6. The summed E-state index contributed by atoms with van der Waals surface area (Å²) in [5.74, 6) is 0.608. The summed E-state index contributed by atoms with van der Waals surface area (Å²) in [4.78, 5) is 7.00. The highest BCUT2D eigenvalue weighted by Crippen LogP contribution is 2.30. The van der Waals surface area contributed by atoms with Crippen LogP contribution in [0.3, 0.4) is 0 Å². The minimum absolute atomic E-state index is 0.247. The predicted molar refractivity (Wildman–Crippen MR) is 111 cm³/mol. The van der Waals surface area contributed by atoms with E-state index in [2.05, 4.69) is 32.3 Å². The number of aromatic nitrogens is 3. The van der Waals surface area contributed by atoms with Crippen LogP contribution in [0.1, 0.15) is 26.2 Å². The Kier molecular flexibility index (Phi) is 5.67. The highest BCUT2D eigenvalue weighted by atomic mass is 19.1. The lowest BCUT2D eigenvalue weighted by atomic mass is 10.0. The van der Waals surface area contributed by atoms with E-state index in [0.29, 0.717) is 6.04 Å². The first kappa shape index (κ1) is 18.6. The maximum Gasteiger partial charge on any atom is 0.126 e. The van der Waals surface area contributed by atoms with Gasteiger partial charge in [-0.2, -0.15) is 5.10 Å². The molecule has 1 atom stereocenters. The lowest BCUT2D eigenvalue weighted by Crippen LogP contribution is -2.40. The minimum atomic E-state index is -0.247. The summed E-state index contributed by atoms with van der Waals surface area (Å²) in [6.07, 6.45) is 7.54. The molecular formula is C22H26FN5. The van der Waals surface area contributed by atoms with E-state index in [1.54, 1.807) is 18.3 Å². The predicted octanol–water partition coefficient (Wildman–Crippen LogP) is 4.56. The third-order valence-corrected chi connectivity index (χ3v) is 5.49. The van der Waals surface area contributed by atoms with Gasteiger partial charge in [0.1, 0.15) is 11.6 Å². The molecular weight excluding hydrogens is 353 g/mol. The highest BCUT2D eigenvalue weighted by Gasteiger charge is 2.17. The molecule has 0 aliphatic carbocycles. The van der Waals surface area contributed by atoms with Crippen molar-refractivity contribution in [1.29, 1.82) is 0 Å². The minimum Gasteiger partial charge on any atom is -0.369 e. The van der Waals surface area contributed by atoms with Crippen molar-refractivity contribution in [2.45, 2.75) is 32.2 Å². The van der Waals surface area contributed by atoms with Crippen molar-refractivity contribution >= 4 is 5.82 Å². The Morgan fingerprint density at radius 3 is 2.86 bits per heavy atom. The Morgan fingerprint density at radius 2 is 2.04 bits per heavy atom. The monoisotopic (exact) mass is 379 g/mol. The zero-order chi connectivity index (χ0) is 19.3. The van der Waals surface area contributed by atoms with Crippen LogP contribution in [-0.2, 0) is 0 Å². The Labute approximate surface area is 165 Å². The van der Waals surface area contributed by atoms with Crippen LogP contribution in [0.4, 0.5) is 10.2 Å². The molecule has 3 heterocycles. The molecule has 1 unspecified atom stereocenters. The fraction of sp³-hybridized carbons (Fsp3) is 0.364. The quantitative estimate of drug-likeness (QED) is 0.659. The van der Waals surface area contributed by atoms with Gasteiger partial charge in [0.25, 0.3) is 0 Å². The van der Waals surface area contributed by atoms with Crippen LogP contribution in [0, 0.1) is 5.82 Å². The lowest BCUT2D eigenvalue weighted by Gasteiger charge is -2.33. The zero-order valence-corrected chi connectivity index (χ0v) is 16.2. The number of likely N-dealkylation sites (tertiary alicyclic amines) is 1. The second kappa shape index (κ2) is 8.52. The van der Waals surface area contributed by atoms with Crippen LogP contribution in [0.5, 0.6) is 0 Å². The molecule has 2 aromatic heterocycles. The van der Waals surface area contributed by atoms with Crippen LogP contribution >= 0.6 is 0 Å². The van der Waals surface area contributed by atoms with Gasteiger partial charge in [0.2, 0.25) is 0 Å². The summed E-state index contributed by atoms with van der Waals surface area (Å²) in [5.41, 5.74) is 3.78. The van der Waals surface area contributed by atoms with Gasteiger partial charge in [-0.05, 0) is 68.3 Å². The largest absolute Gasteiger partial charge is 0.369 e. The molecule has 5 nitrogen and oxygen atoms in total. The van der Waals surface area contributed by atoms with Crippen LogP contribution in [0.15, 0.2) is 48.8 Å². The van der Waals surface area contributed by atoms with E-state index in [1.165, 1.54) is 37.9 Å². The molecule has 1 aliphatic rings. The topological polar surface area (TPSA) is 56.8 Å². The normalized spacial score (nSPS) is 17.6. The lowest BCUT2D eigenvalue weighted by molar-refractivity contribution is 0.167. The highest BCUT2D eigenvalue weighted by molar-refractivity contribution is 5.81. The summed E-state index contributed by atoms with van der Waals surface area (Å²) in [6, 6.07) is 11.1. The molecule has 1 aromatic carbocycles. The van der Waals surface area contributed by atoms with Crippen LogP contribution in [0.25, 0.3) is 22.4 Å². The molecule has 3 aromatic rings. The number of pyridine rings is 1. The molecule has 1 saturated heterocycles. The Bertz CT molecular complexity index is 905. The van der Waals surface area contributed by atoms with Crippen LogP contribution < -0.4 is 5.32 Å². The van der Waals surface area contributed by atoms with Gasteiger partial charge in [-0.25, -0.2) is 9.37 Å². The van der Waals surface area contributed by atoms with E-state index in [9.17, 15) is 4.39 Å². The fourth-order valence-electron chi connectivity index (χ4n) is 3.85. The summed E-state index contributed by atoms with van der Waals surface area (Å²) >= 11 is 0. The Morgan fingerprint density at radius 1 is 1.18 bits per heavy atom. The Balaban J connectivity index is 1.46. The first-order valence-electron chi connectivity index (χ1n) is 9.94. The number of anilines is 1. The van der Waals surface area contributed by atoms with Gasteiger partial charge in [0.15, 0.2) is 0 Å². The SMILES string of the molecule is CC1CCCCN1CCNc1cc(-c2cn[nH]c2-c2ccc(F)cc2)ccn1. The third kappa shape index (κ3) is 4.22. The Hall–Kier alpha value is -2.73. The van der Waals surface area contributed by atoms with E-state index >= 15 is 0 Å². The van der Waals surface area contributed by atoms with Crippen molar-refractivity contribution in [2.24, 2.45) is 0 Å². The molecule has 4 rings (SSSR count). The van der Waals surface area contributed by atoms with Gasteiger partial charge in [-0.15, -0.1) is 0 Å². The summed E-state index contributed by atoms with van der Waals surface area (Å²) in [6.45, 7) is 5.40. The van der Waals surface area contributed by atoms with Crippen LogP contribution in [0.2, 0.25) is 0 Å². The molecule has 0 bridgehead atoms. The second-order valence-electron chi connectivity index (χ2n) is 7.40. The molecule has 1 fully saturated rings. The number of halogens is 1. The van der Waals surface area contributed by atoms with Gasteiger partial charge < -0.3 is 5.32 Å². The number of hydrogen-bond acceptors (Lipinski definition) is 4. The van der Waals surface area contributed by atoms with Gasteiger partial charge in [-0.1, -0.05) is 6.42 Å². The average Bonchev–Trinajstić information content (AvgIpc) is 3.20. The number of nitrogens with one attached hydrogen (secondary N) is 2. The van der Waals surface area contributed by atoms with Crippen molar-refractivity contribution < 1.29 is 4.39 Å². The van der Waals surface area contributed by atoms with Gasteiger partial charge in [0, 0.05) is 36.5 Å². The first-order chi connectivity index (χ1) is 13.7. The number of hydrogen-bond donors (Lipinski definition) is 2. The van der Waals surface area contributed by atoms with E-state index in [0.717, 1.165) is 41.3 Å². The molecule has 28 heavy (non-hydrogen) atoms. The van der Waals surface area contributed by atoms with E-state index in [1.807, 2.05) is 18.3 Å². The van der Waals surface area contributed by atoms with Crippen molar-refractivity contribution in [1.82, 2.24) is 20.1 Å². The van der Waals surface area contributed by atoms with Gasteiger partial charge in [-0.3, -0.25) is 10.00 Å². The average molecular weight is 379 g/mol. The molecule has 146 valence electrons.